The van der Waals surface area contributed by atoms with Gasteiger partial charge in [-0.15, -0.1) is 0 Å². The van der Waals surface area contributed by atoms with E-state index in [1.807, 2.05) is 12.1 Å². The van der Waals surface area contributed by atoms with Crippen LogP contribution in [0.2, 0.25) is 0 Å². The highest BCUT2D eigenvalue weighted by molar-refractivity contribution is 5.82. The van der Waals surface area contributed by atoms with Gasteiger partial charge in [0.25, 0.3) is 0 Å². The summed E-state index contributed by atoms with van der Waals surface area (Å²) in [5.74, 6) is 1.97. The molecule has 0 bridgehead atoms. The largest absolute Gasteiger partial charge is 0.459 e. The van der Waals surface area contributed by atoms with E-state index in [-0.39, 0.29) is 0 Å². The van der Waals surface area contributed by atoms with Crippen LogP contribution in [0.4, 0.5) is 0 Å². The number of fused-ring (bicyclic) bond motifs is 1. The lowest BCUT2D eigenvalue weighted by atomic mass is 10.1. The van der Waals surface area contributed by atoms with Crippen molar-refractivity contribution in [1.29, 1.82) is 0 Å². The summed E-state index contributed by atoms with van der Waals surface area (Å²) in [6.45, 7) is 6.02. The van der Waals surface area contributed by atoms with E-state index in [9.17, 15) is 0 Å². The van der Waals surface area contributed by atoms with Gasteiger partial charge in [-0.25, -0.2) is 0 Å². The Bertz CT molecular complexity index is 571. The number of rotatable bonds is 7. The van der Waals surface area contributed by atoms with Gasteiger partial charge >= 0.3 is 0 Å². The molecule has 1 fully saturated rings. The maximum Gasteiger partial charge on any atom is 0.134 e. The number of nitrogens with two attached hydrogens (primary N) is 1. The van der Waals surface area contributed by atoms with E-state index in [4.69, 9.17) is 10.2 Å². The molecule has 1 aromatic carbocycles. The summed E-state index contributed by atoms with van der Waals surface area (Å²) in [6.07, 6.45) is 3.97. The van der Waals surface area contributed by atoms with Crippen LogP contribution in [0, 0.1) is 5.92 Å². The minimum Gasteiger partial charge on any atom is -0.459 e. The van der Waals surface area contributed by atoms with E-state index in [1.54, 1.807) is 0 Å². The van der Waals surface area contributed by atoms with E-state index >= 15 is 0 Å². The molecule has 0 spiro atoms. The van der Waals surface area contributed by atoms with Crippen LogP contribution >= 0.6 is 0 Å². The molecule has 1 aliphatic rings. The molecule has 0 aliphatic heterocycles. The summed E-state index contributed by atoms with van der Waals surface area (Å²) in [7, 11) is 0. The summed E-state index contributed by atoms with van der Waals surface area (Å²) in [4.78, 5) is 2.52. The molecule has 1 aromatic heterocycles. The second kappa shape index (κ2) is 5.98. The van der Waals surface area contributed by atoms with Gasteiger partial charge in [0.05, 0.1) is 6.54 Å². The predicted octanol–water partition coefficient (Wildman–Crippen LogP) is 3.51. The van der Waals surface area contributed by atoms with Crippen molar-refractivity contribution in [2.45, 2.75) is 39.3 Å². The molecule has 20 heavy (non-hydrogen) atoms. The van der Waals surface area contributed by atoms with Gasteiger partial charge < -0.3 is 10.2 Å². The van der Waals surface area contributed by atoms with Crippen molar-refractivity contribution in [1.82, 2.24) is 4.90 Å². The van der Waals surface area contributed by atoms with Crippen LogP contribution < -0.4 is 5.73 Å². The van der Waals surface area contributed by atoms with Crippen LogP contribution in [0.5, 0.6) is 0 Å². The molecule has 2 aromatic rings. The summed E-state index contributed by atoms with van der Waals surface area (Å²) < 4.78 is 6.05. The first-order valence-electron chi connectivity index (χ1n) is 7.73. The predicted molar refractivity (Wildman–Crippen MR) is 82.4 cm³/mol. The maximum atomic E-state index is 6.05. The van der Waals surface area contributed by atoms with Gasteiger partial charge in [-0.05, 0) is 37.8 Å². The van der Waals surface area contributed by atoms with Crippen molar-refractivity contribution in [3.05, 3.63) is 35.6 Å². The van der Waals surface area contributed by atoms with Crippen LogP contribution in [0.15, 0.2) is 28.7 Å². The van der Waals surface area contributed by atoms with Gasteiger partial charge in [0.15, 0.2) is 0 Å². The Morgan fingerprint density at radius 3 is 2.80 bits per heavy atom. The molecular formula is C17H24N2O. The Labute approximate surface area is 120 Å². The molecule has 3 nitrogen and oxygen atoms in total. The fourth-order valence-corrected chi connectivity index (χ4v) is 2.92. The minimum atomic E-state index is 0.551. The molecule has 0 amide bonds. The van der Waals surface area contributed by atoms with Crippen LogP contribution in [-0.2, 0) is 13.1 Å². The molecular weight excluding hydrogens is 248 g/mol. The molecule has 3 rings (SSSR count). The van der Waals surface area contributed by atoms with Gasteiger partial charge in [-0.2, -0.15) is 0 Å². The lowest BCUT2D eigenvalue weighted by Crippen LogP contribution is -2.26. The van der Waals surface area contributed by atoms with E-state index in [0.29, 0.717) is 6.54 Å². The lowest BCUT2D eigenvalue weighted by Gasteiger charge is -2.20. The molecule has 0 saturated heterocycles. The first-order chi connectivity index (χ1) is 9.81. The van der Waals surface area contributed by atoms with E-state index in [2.05, 4.69) is 24.0 Å². The number of furan rings is 1. The zero-order chi connectivity index (χ0) is 13.9. The van der Waals surface area contributed by atoms with Crippen LogP contribution in [-0.4, -0.2) is 18.0 Å². The number of nitrogens with zero attached hydrogens (tertiary/aromatic N) is 1. The smallest absolute Gasteiger partial charge is 0.134 e. The van der Waals surface area contributed by atoms with Gasteiger partial charge in [0.1, 0.15) is 11.3 Å². The third-order valence-electron chi connectivity index (χ3n) is 4.11. The maximum absolute atomic E-state index is 6.05. The summed E-state index contributed by atoms with van der Waals surface area (Å²) in [5.41, 5.74) is 8.09. The highest BCUT2D eigenvalue weighted by Crippen LogP contribution is 2.31. The molecule has 0 unspecified atom stereocenters. The fourth-order valence-electron chi connectivity index (χ4n) is 2.92. The summed E-state index contributed by atoms with van der Waals surface area (Å²) in [6, 6.07) is 8.21. The zero-order valence-electron chi connectivity index (χ0n) is 12.3. The molecule has 2 N–H and O–H groups in total. The molecule has 1 aliphatic carbocycles. The first-order valence-corrected chi connectivity index (χ1v) is 7.73. The first kappa shape index (κ1) is 13.7. The van der Waals surface area contributed by atoms with Crippen LogP contribution in [0.25, 0.3) is 11.0 Å². The SMILES string of the molecule is CCCN(Cc1oc2ccccc2c1CN)CC1CC1. The van der Waals surface area contributed by atoms with Crippen molar-refractivity contribution in [3.8, 4) is 0 Å². The summed E-state index contributed by atoms with van der Waals surface area (Å²) in [5, 5.41) is 1.17. The van der Waals surface area contributed by atoms with Gasteiger partial charge in [0, 0.05) is 24.0 Å². The van der Waals surface area contributed by atoms with Crippen molar-refractivity contribution in [3.63, 3.8) is 0 Å². The molecule has 0 atom stereocenters. The highest BCUT2D eigenvalue weighted by atomic mass is 16.3. The fraction of sp³-hybridized carbons (Fsp3) is 0.529. The van der Waals surface area contributed by atoms with Crippen molar-refractivity contribution in [2.75, 3.05) is 13.1 Å². The Morgan fingerprint density at radius 2 is 2.10 bits per heavy atom. The summed E-state index contributed by atoms with van der Waals surface area (Å²) >= 11 is 0. The Hall–Kier alpha value is -1.32. The minimum absolute atomic E-state index is 0.551. The quantitative estimate of drug-likeness (QED) is 0.838. The Morgan fingerprint density at radius 1 is 1.30 bits per heavy atom. The van der Waals surface area contributed by atoms with Gasteiger partial charge in [-0.1, -0.05) is 25.1 Å². The molecule has 108 valence electrons. The number of benzene rings is 1. The molecule has 1 saturated carbocycles. The van der Waals surface area contributed by atoms with Crippen molar-refractivity contribution >= 4 is 11.0 Å². The number of hydrogen-bond acceptors (Lipinski definition) is 3. The van der Waals surface area contributed by atoms with Crippen LogP contribution in [0.1, 0.15) is 37.5 Å². The average Bonchev–Trinajstić information content (AvgIpc) is 3.19. The zero-order valence-corrected chi connectivity index (χ0v) is 12.3. The Balaban J connectivity index is 1.83. The number of hydrogen-bond donors (Lipinski definition) is 1. The average molecular weight is 272 g/mol. The topological polar surface area (TPSA) is 42.4 Å². The van der Waals surface area contributed by atoms with Crippen LogP contribution in [0.3, 0.4) is 0 Å². The van der Waals surface area contributed by atoms with Gasteiger partial charge in [-0.3, -0.25) is 4.90 Å². The third kappa shape index (κ3) is 2.89. The highest BCUT2D eigenvalue weighted by Gasteiger charge is 2.25. The second-order valence-corrected chi connectivity index (χ2v) is 5.88. The van der Waals surface area contributed by atoms with E-state index in [1.165, 1.54) is 36.8 Å². The molecule has 3 heteroatoms. The molecule has 1 heterocycles. The van der Waals surface area contributed by atoms with E-state index < -0.39 is 0 Å². The standard InChI is InChI=1S/C17H24N2O/c1-2-9-19(11-13-7-8-13)12-17-15(10-18)14-5-3-4-6-16(14)20-17/h3-6,13H,2,7-12,18H2,1H3. The lowest BCUT2D eigenvalue weighted by molar-refractivity contribution is 0.236. The number of para-hydroxylation sites is 1. The Kier molecular flexibility index (Phi) is 4.08. The van der Waals surface area contributed by atoms with Gasteiger partial charge in [0.2, 0.25) is 0 Å². The van der Waals surface area contributed by atoms with Crippen molar-refractivity contribution in [2.24, 2.45) is 11.7 Å². The third-order valence-corrected chi connectivity index (χ3v) is 4.11. The molecule has 0 radical (unpaired) electrons. The van der Waals surface area contributed by atoms with Crippen molar-refractivity contribution < 1.29 is 4.42 Å². The second-order valence-electron chi connectivity index (χ2n) is 5.88. The van der Waals surface area contributed by atoms with E-state index in [0.717, 1.165) is 30.4 Å². The normalized spacial score (nSPS) is 15.3. The monoisotopic (exact) mass is 272 g/mol.